The summed E-state index contributed by atoms with van der Waals surface area (Å²) >= 11 is 0. The van der Waals surface area contributed by atoms with Crippen molar-refractivity contribution in [3.8, 4) is 0 Å². The average Bonchev–Trinajstić information content (AvgIpc) is 2.21. The summed E-state index contributed by atoms with van der Waals surface area (Å²) in [6.45, 7) is 6.50. The minimum atomic E-state index is -0.200. The molecule has 0 aliphatic rings. The van der Waals surface area contributed by atoms with Crippen LogP contribution < -0.4 is 0 Å². The van der Waals surface area contributed by atoms with Gasteiger partial charge in [-0.1, -0.05) is 52.2 Å². The zero-order chi connectivity index (χ0) is 13.1. The van der Waals surface area contributed by atoms with Crippen molar-refractivity contribution < 1.29 is 4.92 Å². The average molecular weight is 241 g/mol. The molecular formula is C14H27NO2. The van der Waals surface area contributed by atoms with Crippen LogP contribution in [0.2, 0.25) is 0 Å². The minimum absolute atomic E-state index is 0.0731. The van der Waals surface area contributed by atoms with Gasteiger partial charge >= 0.3 is 0 Å². The van der Waals surface area contributed by atoms with Gasteiger partial charge in [0, 0.05) is 10.8 Å². The molecule has 3 heteroatoms. The first-order valence-corrected chi connectivity index (χ1v) is 6.84. The van der Waals surface area contributed by atoms with E-state index in [2.05, 4.69) is 32.9 Å². The van der Waals surface area contributed by atoms with Crippen molar-refractivity contribution in [2.75, 3.05) is 6.54 Å². The number of nitrogens with zero attached hydrogens (tertiary/aromatic N) is 1. The van der Waals surface area contributed by atoms with Crippen LogP contribution in [0.3, 0.4) is 0 Å². The van der Waals surface area contributed by atoms with Gasteiger partial charge in [0.1, 0.15) is 0 Å². The van der Waals surface area contributed by atoms with Crippen LogP contribution in [0.5, 0.6) is 0 Å². The van der Waals surface area contributed by atoms with E-state index >= 15 is 0 Å². The third-order valence-corrected chi connectivity index (χ3v) is 2.79. The summed E-state index contributed by atoms with van der Waals surface area (Å²) in [6.07, 6.45) is 11.2. The lowest BCUT2D eigenvalue weighted by Crippen LogP contribution is -2.14. The number of hydrogen-bond acceptors (Lipinski definition) is 2. The molecule has 0 aromatic heterocycles. The van der Waals surface area contributed by atoms with Gasteiger partial charge in [0.2, 0.25) is 6.54 Å². The quantitative estimate of drug-likeness (QED) is 0.245. The first-order chi connectivity index (χ1) is 8.06. The van der Waals surface area contributed by atoms with Gasteiger partial charge in [0.25, 0.3) is 0 Å². The highest BCUT2D eigenvalue weighted by Gasteiger charge is 2.13. The molecule has 0 saturated heterocycles. The molecule has 0 heterocycles. The number of rotatable bonds is 10. The Hall–Kier alpha value is -0.860. The SMILES string of the molecule is CCCCCC/C=C/C(CC(C)C)C[N+](=O)[O-]. The number of hydrogen-bond donors (Lipinski definition) is 0. The molecule has 0 saturated carbocycles. The van der Waals surface area contributed by atoms with Crippen LogP contribution in [0.4, 0.5) is 0 Å². The Kier molecular flexibility index (Phi) is 9.78. The monoisotopic (exact) mass is 241 g/mol. The fraction of sp³-hybridized carbons (Fsp3) is 0.857. The summed E-state index contributed by atoms with van der Waals surface area (Å²) in [5.74, 6) is 0.626. The zero-order valence-corrected chi connectivity index (χ0v) is 11.5. The van der Waals surface area contributed by atoms with Crippen molar-refractivity contribution >= 4 is 0 Å². The standard InChI is InChI=1S/C14H27NO2/c1-4-5-6-7-8-9-10-14(11-13(2)3)12-15(16)17/h9-10,13-14H,4-8,11-12H2,1-3H3/b10-9+. The number of nitro groups is 1. The molecule has 0 aromatic carbocycles. The molecular weight excluding hydrogens is 214 g/mol. The molecule has 0 rings (SSSR count). The van der Waals surface area contributed by atoms with Gasteiger partial charge in [-0.25, -0.2) is 0 Å². The Morgan fingerprint density at radius 2 is 1.94 bits per heavy atom. The Morgan fingerprint density at radius 1 is 1.24 bits per heavy atom. The first kappa shape index (κ1) is 16.1. The first-order valence-electron chi connectivity index (χ1n) is 6.84. The third kappa shape index (κ3) is 11.4. The van der Waals surface area contributed by atoms with Crippen LogP contribution in [0, 0.1) is 22.0 Å². The molecule has 1 unspecified atom stereocenters. The number of unbranched alkanes of at least 4 members (excludes halogenated alkanes) is 4. The minimum Gasteiger partial charge on any atom is -0.265 e. The van der Waals surface area contributed by atoms with E-state index < -0.39 is 0 Å². The van der Waals surface area contributed by atoms with E-state index in [1.165, 1.54) is 25.7 Å². The normalized spacial score (nSPS) is 13.4. The van der Waals surface area contributed by atoms with Crippen LogP contribution in [0.15, 0.2) is 12.2 Å². The molecule has 0 radical (unpaired) electrons. The van der Waals surface area contributed by atoms with E-state index in [0.29, 0.717) is 5.92 Å². The lowest BCUT2D eigenvalue weighted by Gasteiger charge is -2.10. The topological polar surface area (TPSA) is 43.1 Å². The molecule has 0 spiro atoms. The van der Waals surface area contributed by atoms with E-state index in [4.69, 9.17) is 0 Å². The van der Waals surface area contributed by atoms with Gasteiger partial charge in [-0.15, -0.1) is 0 Å². The van der Waals surface area contributed by atoms with Crippen molar-refractivity contribution in [3.63, 3.8) is 0 Å². The molecule has 17 heavy (non-hydrogen) atoms. The van der Waals surface area contributed by atoms with Gasteiger partial charge in [0.15, 0.2) is 0 Å². The molecule has 0 fully saturated rings. The second-order valence-corrected chi connectivity index (χ2v) is 5.18. The smallest absolute Gasteiger partial charge is 0.210 e. The van der Waals surface area contributed by atoms with E-state index in [0.717, 1.165) is 12.8 Å². The van der Waals surface area contributed by atoms with Crippen molar-refractivity contribution in [1.82, 2.24) is 0 Å². The summed E-state index contributed by atoms with van der Waals surface area (Å²) in [6, 6.07) is 0. The summed E-state index contributed by atoms with van der Waals surface area (Å²) in [5.41, 5.74) is 0. The summed E-state index contributed by atoms with van der Waals surface area (Å²) in [7, 11) is 0. The molecule has 100 valence electrons. The van der Waals surface area contributed by atoms with Crippen molar-refractivity contribution in [3.05, 3.63) is 22.3 Å². The molecule has 0 aromatic rings. The lowest BCUT2D eigenvalue weighted by atomic mass is 9.96. The van der Waals surface area contributed by atoms with Crippen LogP contribution >= 0.6 is 0 Å². The highest BCUT2D eigenvalue weighted by atomic mass is 16.6. The predicted octanol–water partition coefficient (Wildman–Crippen LogP) is 4.45. The third-order valence-electron chi connectivity index (χ3n) is 2.79. The van der Waals surface area contributed by atoms with E-state index in [1.807, 2.05) is 0 Å². The molecule has 0 aliphatic heterocycles. The highest BCUT2D eigenvalue weighted by Crippen LogP contribution is 2.14. The van der Waals surface area contributed by atoms with E-state index in [-0.39, 0.29) is 17.4 Å². The van der Waals surface area contributed by atoms with Gasteiger partial charge < -0.3 is 0 Å². The molecule has 1 atom stereocenters. The van der Waals surface area contributed by atoms with Crippen molar-refractivity contribution in [2.45, 2.75) is 59.3 Å². The Balaban J connectivity index is 3.87. The second-order valence-electron chi connectivity index (χ2n) is 5.18. The Labute approximate surface area is 105 Å². The molecule has 0 amide bonds. The highest BCUT2D eigenvalue weighted by molar-refractivity contribution is 4.88. The maximum absolute atomic E-state index is 10.5. The molecule has 3 nitrogen and oxygen atoms in total. The number of allylic oxidation sites excluding steroid dienone is 1. The summed E-state index contributed by atoms with van der Waals surface area (Å²) < 4.78 is 0. The van der Waals surface area contributed by atoms with Crippen LogP contribution in [0.1, 0.15) is 59.3 Å². The van der Waals surface area contributed by atoms with Gasteiger partial charge in [0.05, 0.1) is 0 Å². The lowest BCUT2D eigenvalue weighted by molar-refractivity contribution is -0.486. The summed E-state index contributed by atoms with van der Waals surface area (Å²) in [4.78, 5) is 10.3. The van der Waals surface area contributed by atoms with Crippen molar-refractivity contribution in [1.29, 1.82) is 0 Å². The van der Waals surface area contributed by atoms with Gasteiger partial charge in [-0.2, -0.15) is 0 Å². The zero-order valence-electron chi connectivity index (χ0n) is 11.5. The molecule has 0 aliphatic carbocycles. The fourth-order valence-corrected chi connectivity index (χ4v) is 1.99. The Bertz CT molecular complexity index is 224. The maximum Gasteiger partial charge on any atom is 0.210 e. The summed E-state index contributed by atoms with van der Waals surface area (Å²) in [5, 5.41) is 10.5. The van der Waals surface area contributed by atoms with Crippen LogP contribution in [0.25, 0.3) is 0 Å². The van der Waals surface area contributed by atoms with Gasteiger partial charge in [-0.3, -0.25) is 10.1 Å². The van der Waals surface area contributed by atoms with Crippen molar-refractivity contribution in [2.24, 2.45) is 11.8 Å². The molecule has 0 N–H and O–H groups in total. The predicted molar refractivity (Wildman–Crippen MR) is 72.7 cm³/mol. The molecule has 0 bridgehead atoms. The maximum atomic E-state index is 10.5. The second kappa shape index (κ2) is 10.3. The van der Waals surface area contributed by atoms with Gasteiger partial charge in [-0.05, 0) is 25.2 Å². The van der Waals surface area contributed by atoms with E-state index in [9.17, 15) is 10.1 Å². The fourth-order valence-electron chi connectivity index (χ4n) is 1.99. The van der Waals surface area contributed by atoms with Crippen LogP contribution in [-0.4, -0.2) is 11.5 Å². The Morgan fingerprint density at radius 3 is 2.47 bits per heavy atom. The van der Waals surface area contributed by atoms with E-state index in [1.54, 1.807) is 0 Å². The largest absolute Gasteiger partial charge is 0.265 e. The van der Waals surface area contributed by atoms with Crippen LogP contribution in [-0.2, 0) is 0 Å².